The van der Waals surface area contributed by atoms with Crippen LogP contribution in [0.1, 0.15) is 36.5 Å². The topological polar surface area (TPSA) is 76.4 Å². The van der Waals surface area contributed by atoms with Crippen LogP contribution in [0.25, 0.3) is 0 Å². The minimum absolute atomic E-state index is 0.306. The van der Waals surface area contributed by atoms with Crippen LogP contribution in [0.2, 0.25) is 0 Å². The van der Waals surface area contributed by atoms with Gasteiger partial charge in [0.15, 0.2) is 11.8 Å². The zero-order valence-corrected chi connectivity index (χ0v) is 15.4. The number of nitrogens with one attached hydrogen (secondary N) is 2. The number of aromatic nitrogens is 3. The van der Waals surface area contributed by atoms with Crippen molar-refractivity contribution in [3.05, 3.63) is 47.5 Å². The third kappa shape index (κ3) is 3.72. The van der Waals surface area contributed by atoms with Crippen molar-refractivity contribution in [1.82, 2.24) is 25.4 Å². The maximum absolute atomic E-state index is 5.96. The van der Waals surface area contributed by atoms with Crippen molar-refractivity contribution >= 4 is 5.96 Å². The van der Waals surface area contributed by atoms with Gasteiger partial charge in [-0.25, -0.2) is 4.99 Å². The van der Waals surface area contributed by atoms with Crippen LogP contribution in [0.5, 0.6) is 0 Å². The van der Waals surface area contributed by atoms with Gasteiger partial charge in [0.2, 0.25) is 0 Å². The molecule has 7 nitrogen and oxygen atoms in total. The van der Waals surface area contributed by atoms with Crippen molar-refractivity contribution in [2.45, 2.75) is 57.5 Å². The number of rotatable bonds is 5. The number of guanidine groups is 1. The molecule has 3 unspecified atom stereocenters. The Morgan fingerprint density at radius 1 is 1.27 bits per heavy atom. The standard InChI is InChI=1S/C19H26N6O/c1-13-23-24-18(25(13)2)12-21-19(20-11-14-6-4-3-5-7-14)22-16-10-15-8-9-17(16)26-15/h3-7,15-17H,8-12H2,1-2H3,(H2,20,21,22). The number of aliphatic imine (C=N–C) groups is 1. The van der Waals surface area contributed by atoms with E-state index < -0.39 is 0 Å². The lowest BCUT2D eigenvalue weighted by Gasteiger charge is -2.23. The number of aryl methyl sites for hydroxylation is 1. The fourth-order valence-electron chi connectivity index (χ4n) is 3.64. The third-order valence-electron chi connectivity index (χ3n) is 5.29. The Bertz CT molecular complexity index is 772. The summed E-state index contributed by atoms with van der Waals surface area (Å²) in [5.41, 5.74) is 1.19. The molecule has 26 heavy (non-hydrogen) atoms. The zero-order valence-electron chi connectivity index (χ0n) is 15.4. The van der Waals surface area contributed by atoms with Gasteiger partial charge < -0.3 is 19.9 Å². The van der Waals surface area contributed by atoms with E-state index >= 15 is 0 Å². The van der Waals surface area contributed by atoms with Gasteiger partial charge in [-0.15, -0.1) is 10.2 Å². The first kappa shape index (κ1) is 17.0. The summed E-state index contributed by atoms with van der Waals surface area (Å²) in [4.78, 5) is 4.77. The molecule has 2 N–H and O–H groups in total. The number of hydrogen-bond acceptors (Lipinski definition) is 4. The van der Waals surface area contributed by atoms with Crippen molar-refractivity contribution in [3.8, 4) is 0 Å². The lowest BCUT2D eigenvalue weighted by atomic mass is 9.96. The Kier molecular flexibility index (Phi) is 4.88. The van der Waals surface area contributed by atoms with Gasteiger partial charge in [-0.1, -0.05) is 30.3 Å². The van der Waals surface area contributed by atoms with Crippen LogP contribution in [0.4, 0.5) is 0 Å². The molecule has 3 heterocycles. The first-order chi connectivity index (χ1) is 12.7. The quantitative estimate of drug-likeness (QED) is 0.631. The van der Waals surface area contributed by atoms with Crippen molar-refractivity contribution in [1.29, 1.82) is 0 Å². The third-order valence-corrected chi connectivity index (χ3v) is 5.29. The average molecular weight is 354 g/mol. The van der Waals surface area contributed by atoms with E-state index in [1.165, 1.54) is 12.0 Å². The molecule has 0 spiro atoms. The molecule has 2 saturated heterocycles. The Morgan fingerprint density at radius 3 is 2.77 bits per heavy atom. The van der Waals surface area contributed by atoms with E-state index in [0.717, 1.165) is 30.5 Å². The second kappa shape index (κ2) is 7.45. The molecule has 2 bridgehead atoms. The van der Waals surface area contributed by atoms with Crippen LogP contribution in [0, 0.1) is 6.92 Å². The van der Waals surface area contributed by atoms with E-state index in [1.807, 2.05) is 36.7 Å². The van der Waals surface area contributed by atoms with Gasteiger partial charge in [-0.2, -0.15) is 0 Å². The summed E-state index contributed by atoms with van der Waals surface area (Å²) < 4.78 is 7.95. The number of ether oxygens (including phenoxy) is 1. The molecule has 0 saturated carbocycles. The van der Waals surface area contributed by atoms with E-state index in [2.05, 4.69) is 33.0 Å². The first-order valence-corrected chi connectivity index (χ1v) is 9.28. The summed E-state index contributed by atoms with van der Waals surface area (Å²) in [6.07, 6.45) is 4.09. The minimum atomic E-state index is 0.306. The SMILES string of the molecule is Cc1nnc(CNC(=NCc2ccccc2)NC2CC3CCC2O3)n1C. The molecule has 0 radical (unpaired) electrons. The van der Waals surface area contributed by atoms with Crippen LogP contribution in [-0.2, 0) is 24.9 Å². The summed E-state index contributed by atoms with van der Waals surface area (Å²) in [5, 5.41) is 15.3. The molecule has 2 fully saturated rings. The molecule has 3 atom stereocenters. The summed E-state index contributed by atoms with van der Waals surface area (Å²) in [5.74, 6) is 2.59. The zero-order chi connectivity index (χ0) is 17.9. The van der Waals surface area contributed by atoms with E-state index in [1.54, 1.807) is 0 Å². The van der Waals surface area contributed by atoms with Crippen molar-refractivity contribution in [2.24, 2.45) is 12.0 Å². The lowest BCUT2D eigenvalue weighted by Crippen LogP contribution is -2.47. The molecule has 0 amide bonds. The largest absolute Gasteiger partial charge is 0.373 e. The monoisotopic (exact) mass is 354 g/mol. The van der Waals surface area contributed by atoms with Crippen LogP contribution in [-0.4, -0.2) is 39.0 Å². The predicted molar refractivity (Wildman–Crippen MR) is 99.6 cm³/mol. The molecule has 0 aliphatic carbocycles. The Morgan fingerprint density at radius 2 is 2.12 bits per heavy atom. The van der Waals surface area contributed by atoms with Gasteiger partial charge in [-0.05, 0) is 31.7 Å². The van der Waals surface area contributed by atoms with Crippen molar-refractivity contribution < 1.29 is 4.74 Å². The van der Waals surface area contributed by atoms with Crippen LogP contribution in [0.15, 0.2) is 35.3 Å². The highest BCUT2D eigenvalue weighted by atomic mass is 16.5. The van der Waals surface area contributed by atoms with Gasteiger partial charge in [-0.3, -0.25) is 0 Å². The first-order valence-electron chi connectivity index (χ1n) is 9.28. The number of benzene rings is 1. The summed E-state index contributed by atoms with van der Waals surface area (Å²) in [7, 11) is 1.98. The van der Waals surface area contributed by atoms with Crippen molar-refractivity contribution in [2.75, 3.05) is 0 Å². The molecule has 2 aromatic rings. The summed E-state index contributed by atoms with van der Waals surface area (Å²) in [6.45, 7) is 3.17. The Hall–Kier alpha value is -2.41. The smallest absolute Gasteiger partial charge is 0.192 e. The summed E-state index contributed by atoms with van der Waals surface area (Å²) in [6, 6.07) is 10.6. The van der Waals surface area contributed by atoms with E-state index in [4.69, 9.17) is 9.73 Å². The van der Waals surface area contributed by atoms with Gasteiger partial charge in [0.05, 0.1) is 31.3 Å². The molecule has 7 heteroatoms. The maximum atomic E-state index is 5.96. The average Bonchev–Trinajstić information content (AvgIpc) is 3.36. The van der Waals surface area contributed by atoms with Crippen LogP contribution >= 0.6 is 0 Å². The van der Waals surface area contributed by atoms with E-state index in [9.17, 15) is 0 Å². The normalized spacial score (nSPS) is 24.8. The lowest BCUT2D eigenvalue weighted by molar-refractivity contribution is 0.0992. The van der Waals surface area contributed by atoms with Gasteiger partial charge >= 0.3 is 0 Å². The van der Waals surface area contributed by atoms with Crippen LogP contribution < -0.4 is 10.6 Å². The number of fused-ring (bicyclic) bond motifs is 2. The highest BCUT2D eigenvalue weighted by Crippen LogP contribution is 2.34. The fourth-order valence-corrected chi connectivity index (χ4v) is 3.64. The predicted octanol–water partition coefficient (Wildman–Crippen LogP) is 1.68. The minimum Gasteiger partial charge on any atom is -0.373 e. The molecular weight excluding hydrogens is 328 g/mol. The molecule has 1 aromatic heterocycles. The summed E-state index contributed by atoms with van der Waals surface area (Å²) >= 11 is 0. The number of nitrogens with zero attached hydrogens (tertiary/aromatic N) is 4. The maximum Gasteiger partial charge on any atom is 0.192 e. The second-order valence-electron chi connectivity index (χ2n) is 7.09. The van der Waals surface area contributed by atoms with E-state index in [0.29, 0.717) is 31.3 Å². The molecule has 1 aromatic carbocycles. The Labute approximate surface area is 153 Å². The second-order valence-corrected chi connectivity index (χ2v) is 7.09. The molecule has 2 aliphatic heterocycles. The molecule has 138 valence electrons. The number of hydrogen-bond donors (Lipinski definition) is 2. The Balaban J connectivity index is 1.44. The highest BCUT2D eigenvalue weighted by Gasteiger charge is 2.41. The van der Waals surface area contributed by atoms with Gasteiger partial charge in [0, 0.05) is 7.05 Å². The molecule has 2 aliphatic rings. The highest BCUT2D eigenvalue weighted by molar-refractivity contribution is 5.80. The molecular formula is C19H26N6O. The van der Waals surface area contributed by atoms with Gasteiger partial charge in [0.25, 0.3) is 0 Å². The molecule has 4 rings (SSSR count). The fraction of sp³-hybridized carbons (Fsp3) is 0.526. The van der Waals surface area contributed by atoms with Crippen LogP contribution in [0.3, 0.4) is 0 Å². The van der Waals surface area contributed by atoms with Crippen molar-refractivity contribution in [3.63, 3.8) is 0 Å². The van der Waals surface area contributed by atoms with Gasteiger partial charge in [0.1, 0.15) is 5.82 Å². The van der Waals surface area contributed by atoms with E-state index in [-0.39, 0.29) is 0 Å².